The van der Waals surface area contributed by atoms with Gasteiger partial charge in [0.05, 0.1) is 0 Å². The molecule has 70 valence electrons. The van der Waals surface area contributed by atoms with Gasteiger partial charge in [0, 0.05) is 5.41 Å². The van der Waals surface area contributed by atoms with E-state index in [0.29, 0.717) is 0 Å². The number of carbonyl (C=O) groups excluding carboxylic acids is 1. The highest BCUT2D eigenvalue weighted by Crippen LogP contribution is 2.16. The third-order valence-corrected chi connectivity index (χ3v) is 2.41. The van der Waals surface area contributed by atoms with E-state index in [0.717, 1.165) is 5.56 Å². The predicted octanol–water partition coefficient (Wildman–Crippen LogP) is 3.38. The Bertz CT molecular complexity index is 301. The summed E-state index contributed by atoms with van der Waals surface area (Å²) < 4.78 is 0. The molecular weight excluding hydrogens is 180 g/mol. The van der Waals surface area contributed by atoms with E-state index in [4.69, 9.17) is 0 Å². The maximum absolute atomic E-state index is 11.5. The van der Waals surface area contributed by atoms with Gasteiger partial charge in [-0.1, -0.05) is 26.8 Å². The third kappa shape index (κ3) is 3.15. The zero-order valence-electron chi connectivity index (χ0n) is 8.20. The number of ketones is 1. The smallest absolute Gasteiger partial charge is 0.161 e. The summed E-state index contributed by atoms with van der Waals surface area (Å²) in [7, 11) is 0. The van der Waals surface area contributed by atoms with E-state index < -0.39 is 0 Å². The fraction of sp³-hybridized carbons (Fsp3) is 0.364. The fourth-order valence-electron chi connectivity index (χ4n) is 0.792. The normalized spacial score (nSPS) is 12.2. The van der Waals surface area contributed by atoms with E-state index >= 15 is 0 Å². The van der Waals surface area contributed by atoms with Crippen LogP contribution in [0.1, 0.15) is 26.3 Å². The first-order valence-corrected chi connectivity index (χ1v) is 5.19. The van der Waals surface area contributed by atoms with Crippen LogP contribution in [0.15, 0.2) is 22.9 Å². The molecular formula is C11H14OS. The lowest BCUT2D eigenvalue weighted by molar-refractivity contribution is -0.121. The zero-order chi connectivity index (χ0) is 9.90. The van der Waals surface area contributed by atoms with Gasteiger partial charge in [0.1, 0.15) is 0 Å². The fourth-order valence-corrected chi connectivity index (χ4v) is 1.42. The molecule has 0 aliphatic carbocycles. The first-order valence-electron chi connectivity index (χ1n) is 4.25. The van der Waals surface area contributed by atoms with Crippen LogP contribution in [0, 0.1) is 5.41 Å². The molecule has 0 fully saturated rings. The van der Waals surface area contributed by atoms with Gasteiger partial charge in [-0.2, -0.15) is 11.3 Å². The molecule has 0 aliphatic rings. The van der Waals surface area contributed by atoms with Gasteiger partial charge in [-0.3, -0.25) is 4.79 Å². The summed E-state index contributed by atoms with van der Waals surface area (Å²) in [5, 5.41) is 4.02. The average molecular weight is 194 g/mol. The summed E-state index contributed by atoms with van der Waals surface area (Å²) in [4.78, 5) is 11.5. The Hall–Kier alpha value is -0.890. The molecule has 0 unspecified atom stereocenters. The Balaban J connectivity index is 2.65. The molecule has 1 nitrogen and oxygen atoms in total. The minimum absolute atomic E-state index is 0.165. The summed E-state index contributed by atoms with van der Waals surface area (Å²) in [6.45, 7) is 5.77. The van der Waals surface area contributed by atoms with Gasteiger partial charge in [-0.15, -0.1) is 0 Å². The van der Waals surface area contributed by atoms with Gasteiger partial charge in [0.2, 0.25) is 0 Å². The average Bonchev–Trinajstić information content (AvgIpc) is 2.50. The van der Waals surface area contributed by atoms with E-state index in [1.165, 1.54) is 0 Å². The van der Waals surface area contributed by atoms with Gasteiger partial charge in [-0.05, 0) is 28.5 Å². The third-order valence-electron chi connectivity index (χ3n) is 1.71. The highest BCUT2D eigenvalue weighted by molar-refractivity contribution is 7.08. The number of thiophene rings is 1. The van der Waals surface area contributed by atoms with Crippen molar-refractivity contribution in [1.82, 2.24) is 0 Å². The lowest BCUT2D eigenvalue weighted by atomic mass is 9.90. The summed E-state index contributed by atoms with van der Waals surface area (Å²) in [6, 6.07) is 2.00. The topological polar surface area (TPSA) is 17.1 Å². The van der Waals surface area contributed by atoms with Crippen molar-refractivity contribution in [2.75, 3.05) is 0 Å². The summed E-state index contributed by atoms with van der Waals surface area (Å²) in [5.74, 6) is 0.165. The Morgan fingerprint density at radius 2 is 2.15 bits per heavy atom. The minimum atomic E-state index is -0.271. The molecule has 1 rings (SSSR count). The Kier molecular flexibility index (Phi) is 3.04. The molecule has 0 amide bonds. The molecule has 13 heavy (non-hydrogen) atoms. The van der Waals surface area contributed by atoms with Crippen LogP contribution < -0.4 is 0 Å². The van der Waals surface area contributed by atoms with Crippen LogP contribution in [0.4, 0.5) is 0 Å². The number of rotatable bonds is 2. The van der Waals surface area contributed by atoms with Crippen molar-refractivity contribution in [1.29, 1.82) is 0 Å². The highest BCUT2D eigenvalue weighted by atomic mass is 32.1. The van der Waals surface area contributed by atoms with E-state index in [1.807, 2.05) is 43.7 Å². The standard InChI is InChI=1S/C11H14OS/c1-11(2,3)10(12)5-4-9-6-7-13-8-9/h4-8H,1-3H3/b5-4+. The minimum Gasteiger partial charge on any atom is -0.294 e. The van der Waals surface area contributed by atoms with Gasteiger partial charge in [-0.25, -0.2) is 0 Å². The van der Waals surface area contributed by atoms with Gasteiger partial charge in [0.25, 0.3) is 0 Å². The second-order valence-corrected chi connectivity index (χ2v) is 4.78. The number of hydrogen-bond donors (Lipinski definition) is 0. The molecule has 1 heterocycles. The molecule has 0 aromatic carbocycles. The van der Waals surface area contributed by atoms with Crippen molar-refractivity contribution in [3.8, 4) is 0 Å². The molecule has 0 radical (unpaired) electrons. The first-order chi connectivity index (χ1) is 6.00. The molecule has 0 aliphatic heterocycles. The van der Waals surface area contributed by atoms with Crippen molar-refractivity contribution < 1.29 is 4.79 Å². The van der Waals surface area contributed by atoms with Crippen LogP contribution in [0.3, 0.4) is 0 Å². The number of carbonyl (C=O) groups is 1. The van der Waals surface area contributed by atoms with E-state index in [-0.39, 0.29) is 11.2 Å². The molecule has 1 aromatic heterocycles. The molecule has 0 saturated carbocycles. The van der Waals surface area contributed by atoms with Crippen molar-refractivity contribution >= 4 is 23.2 Å². The Morgan fingerprint density at radius 1 is 1.46 bits per heavy atom. The highest BCUT2D eigenvalue weighted by Gasteiger charge is 2.17. The lowest BCUT2D eigenvalue weighted by Crippen LogP contribution is -2.17. The van der Waals surface area contributed by atoms with Gasteiger partial charge >= 0.3 is 0 Å². The molecule has 0 spiro atoms. The van der Waals surface area contributed by atoms with Crippen LogP contribution in [0.2, 0.25) is 0 Å². The molecule has 2 heteroatoms. The van der Waals surface area contributed by atoms with Crippen LogP contribution in [-0.4, -0.2) is 5.78 Å². The van der Waals surface area contributed by atoms with Crippen LogP contribution in [0.25, 0.3) is 6.08 Å². The monoisotopic (exact) mass is 194 g/mol. The lowest BCUT2D eigenvalue weighted by Gasteiger charge is -2.12. The zero-order valence-corrected chi connectivity index (χ0v) is 9.02. The SMILES string of the molecule is CC(C)(C)C(=O)/C=C/c1ccsc1. The number of hydrogen-bond acceptors (Lipinski definition) is 2. The second-order valence-electron chi connectivity index (χ2n) is 4.00. The van der Waals surface area contributed by atoms with Gasteiger partial charge < -0.3 is 0 Å². The van der Waals surface area contributed by atoms with Crippen LogP contribution in [0.5, 0.6) is 0 Å². The quantitative estimate of drug-likeness (QED) is 0.660. The summed E-state index contributed by atoms with van der Waals surface area (Å²) in [6.07, 6.45) is 3.52. The second kappa shape index (κ2) is 3.88. The first kappa shape index (κ1) is 10.2. The molecule has 0 bridgehead atoms. The number of allylic oxidation sites excluding steroid dienone is 1. The Labute approximate surface area is 83.1 Å². The molecule has 0 saturated heterocycles. The summed E-state index contributed by atoms with van der Waals surface area (Å²) >= 11 is 1.64. The summed E-state index contributed by atoms with van der Waals surface area (Å²) in [5.41, 5.74) is 0.828. The maximum Gasteiger partial charge on any atom is 0.161 e. The van der Waals surface area contributed by atoms with Gasteiger partial charge in [0.15, 0.2) is 5.78 Å². The van der Waals surface area contributed by atoms with Crippen molar-refractivity contribution in [3.63, 3.8) is 0 Å². The van der Waals surface area contributed by atoms with Crippen molar-refractivity contribution in [2.45, 2.75) is 20.8 Å². The van der Waals surface area contributed by atoms with E-state index in [9.17, 15) is 4.79 Å². The largest absolute Gasteiger partial charge is 0.294 e. The molecule has 1 aromatic rings. The molecule has 0 N–H and O–H groups in total. The van der Waals surface area contributed by atoms with Crippen molar-refractivity contribution in [2.24, 2.45) is 5.41 Å². The van der Waals surface area contributed by atoms with Crippen molar-refractivity contribution in [3.05, 3.63) is 28.5 Å². The van der Waals surface area contributed by atoms with Crippen LogP contribution in [-0.2, 0) is 4.79 Å². The maximum atomic E-state index is 11.5. The van der Waals surface area contributed by atoms with E-state index in [1.54, 1.807) is 17.4 Å². The van der Waals surface area contributed by atoms with E-state index in [2.05, 4.69) is 0 Å². The molecule has 0 atom stereocenters. The Morgan fingerprint density at radius 3 is 2.62 bits per heavy atom. The van der Waals surface area contributed by atoms with Crippen LogP contribution >= 0.6 is 11.3 Å². The predicted molar refractivity (Wildman–Crippen MR) is 57.8 cm³/mol.